The third kappa shape index (κ3) is 3.65. The van der Waals surface area contributed by atoms with Crippen molar-refractivity contribution in [1.82, 2.24) is 10.2 Å². The zero-order chi connectivity index (χ0) is 17.9. The highest BCUT2D eigenvalue weighted by Crippen LogP contribution is 2.48. The fraction of sp³-hybridized carbons (Fsp3) is 0.600. The van der Waals surface area contributed by atoms with Crippen molar-refractivity contribution in [3.05, 3.63) is 29.8 Å². The molecule has 1 saturated carbocycles. The molecule has 1 aliphatic heterocycles. The van der Waals surface area contributed by atoms with E-state index in [2.05, 4.69) is 12.2 Å². The highest BCUT2D eigenvalue weighted by Gasteiger charge is 2.58. The Labute approximate surface area is 149 Å². The van der Waals surface area contributed by atoms with E-state index in [-0.39, 0.29) is 11.8 Å². The van der Waals surface area contributed by atoms with Crippen LogP contribution >= 0.6 is 0 Å². The normalized spacial score (nSPS) is 21.5. The van der Waals surface area contributed by atoms with Crippen LogP contribution in [0, 0.1) is 5.41 Å². The van der Waals surface area contributed by atoms with Gasteiger partial charge in [0.05, 0.1) is 7.11 Å². The number of benzene rings is 1. The lowest BCUT2D eigenvalue weighted by Gasteiger charge is -2.37. The first-order chi connectivity index (χ1) is 12.1. The Kier molecular flexibility index (Phi) is 5.30. The van der Waals surface area contributed by atoms with Gasteiger partial charge in [0.2, 0.25) is 11.8 Å². The first-order valence-corrected chi connectivity index (χ1v) is 9.33. The predicted molar refractivity (Wildman–Crippen MR) is 96.2 cm³/mol. The number of hydrogen-bond acceptors (Lipinski definition) is 3. The molecule has 1 N–H and O–H groups in total. The average molecular weight is 344 g/mol. The molecule has 1 atom stereocenters. The summed E-state index contributed by atoms with van der Waals surface area (Å²) in [5.74, 6) is 0.722. The molecule has 136 valence electrons. The number of likely N-dealkylation sites (tertiary alicyclic amines) is 1. The van der Waals surface area contributed by atoms with Crippen molar-refractivity contribution in [3.8, 4) is 5.75 Å². The smallest absolute Gasteiger partial charge is 0.238 e. The monoisotopic (exact) mass is 344 g/mol. The first kappa shape index (κ1) is 17.8. The van der Waals surface area contributed by atoms with Crippen molar-refractivity contribution in [2.75, 3.05) is 13.7 Å². The summed E-state index contributed by atoms with van der Waals surface area (Å²) in [5.41, 5.74) is 0.193. The molecular weight excluding hydrogens is 316 g/mol. The molecule has 1 aliphatic carbocycles. The molecule has 5 nitrogen and oxygen atoms in total. The van der Waals surface area contributed by atoms with Crippen LogP contribution in [0.1, 0.15) is 51.0 Å². The third-order valence-electron chi connectivity index (χ3n) is 5.57. The number of amides is 2. The van der Waals surface area contributed by atoms with Gasteiger partial charge in [-0.3, -0.25) is 9.59 Å². The van der Waals surface area contributed by atoms with Crippen LogP contribution in [-0.2, 0) is 16.1 Å². The maximum Gasteiger partial charge on any atom is 0.238 e. The Morgan fingerprint density at radius 1 is 1.24 bits per heavy atom. The zero-order valence-electron chi connectivity index (χ0n) is 15.2. The summed E-state index contributed by atoms with van der Waals surface area (Å²) >= 11 is 0. The molecule has 1 aromatic carbocycles. The minimum Gasteiger partial charge on any atom is -0.497 e. The van der Waals surface area contributed by atoms with Crippen LogP contribution < -0.4 is 10.1 Å². The summed E-state index contributed by atoms with van der Waals surface area (Å²) in [5, 5.41) is 2.96. The number of nitrogens with zero attached hydrogens (tertiary/aromatic N) is 1. The number of piperidine rings is 1. The molecule has 25 heavy (non-hydrogen) atoms. The van der Waals surface area contributed by atoms with Crippen molar-refractivity contribution in [1.29, 1.82) is 0 Å². The van der Waals surface area contributed by atoms with Gasteiger partial charge in [-0.2, -0.15) is 0 Å². The van der Waals surface area contributed by atoms with E-state index >= 15 is 0 Å². The van der Waals surface area contributed by atoms with E-state index in [9.17, 15) is 9.59 Å². The summed E-state index contributed by atoms with van der Waals surface area (Å²) in [6.07, 6.45) is 5.60. The van der Waals surface area contributed by atoms with Crippen LogP contribution in [0.15, 0.2) is 24.3 Å². The van der Waals surface area contributed by atoms with Gasteiger partial charge in [-0.15, -0.1) is 0 Å². The Hall–Kier alpha value is -2.04. The molecule has 1 heterocycles. The Balaban J connectivity index is 1.61. The van der Waals surface area contributed by atoms with Crippen molar-refractivity contribution < 1.29 is 14.3 Å². The van der Waals surface area contributed by atoms with E-state index in [0.29, 0.717) is 25.4 Å². The van der Waals surface area contributed by atoms with Crippen molar-refractivity contribution in [3.63, 3.8) is 0 Å². The lowest BCUT2D eigenvalue weighted by atomic mass is 9.95. The van der Waals surface area contributed by atoms with Gasteiger partial charge in [0.15, 0.2) is 0 Å². The Morgan fingerprint density at radius 3 is 2.56 bits per heavy atom. The third-order valence-corrected chi connectivity index (χ3v) is 5.57. The summed E-state index contributed by atoms with van der Waals surface area (Å²) in [7, 11) is 1.63. The van der Waals surface area contributed by atoms with E-state index in [4.69, 9.17) is 4.74 Å². The molecule has 1 unspecified atom stereocenters. The van der Waals surface area contributed by atoms with Crippen LogP contribution in [0.2, 0.25) is 0 Å². The summed E-state index contributed by atoms with van der Waals surface area (Å²) in [6, 6.07) is 7.91. The average Bonchev–Trinajstić information content (AvgIpc) is 3.48. The predicted octanol–water partition coefficient (Wildman–Crippen LogP) is 2.88. The quantitative estimate of drug-likeness (QED) is 0.807. The van der Waals surface area contributed by atoms with Gasteiger partial charge >= 0.3 is 0 Å². The standard InChI is InChI=1S/C20H28N2O3/c1-3-16-6-4-5-13-22(16)19(24)20(11-12-20)18(23)21-14-15-7-9-17(25-2)10-8-15/h7-10,16H,3-6,11-14H2,1-2H3,(H,21,23). The van der Waals surface area contributed by atoms with Gasteiger partial charge in [0, 0.05) is 19.1 Å². The van der Waals surface area contributed by atoms with Crippen LogP contribution in [0.5, 0.6) is 5.75 Å². The van der Waals surface area contributed by atoms with Crippen LogP contribution in [0.25, 0.3) is 0 Å². The van der Waals surface area contributed by atoms with Gasteiger partial charge < -0.3 is 15.0 Å². The van der Waals surface area contributed by atoms with Crippen LogP contribution in [-0.4, -0.2) is 36.4 Å². The fourth-order valence-electron chi connectivity index (χ4n) is 3.73. The summed E-state index contributed by atoms with van der Waals surface area (Å²) in [6.45, 7) is 3.36. The van der Waals surface area contributed by atoms with Gasteiger partial charge in [0.25, 0.3) is 0 Å². The van der Waals surface area contributed by atoms with Gasteiger partial charge in [-0.1, -0.05) is 19.1 Å². The van der Waals surface area contributed by atoms with E-state index in [1.54, 1.807) is 7.11 Å². The number of methoxy groups -OCH3 is 1. The molecule has 3 rings (SSSR count). The molecular formula is C20H28N2O3. The maximum absolute atomic E-state index is 13.0. The lowest BCUT2D eigenvalue weighted by Crippen LogP contribution is -2.50. The molecule has 2 aliphatic rings. The van der Waals surface area contributed by atoms with Gasteiger partial charge in [0.1, 0.15) is 11.2 Å². The Bertz CT molecular complexity index is 622. The highest BCUT2D eigenvalue weighted by molar-refractivity contribution is 6.08. The largest absolute Gasteiger partial charge is 0.497 e. The van der Waals surface area contributed by atoms with Crippen LogP contribution in [0.3, 0.4) is 0 Å². The SMILES string of the molecule is CCC1CCCCN1C(=O)C1(C(=O)NCc2ccc(OC)cc2)CC1. The topological polar surface area (TPSA) is 58.6 Å². The molecule has 1 aromatic rings. The number of ether oxygens (including phenoxy) is 1. The minimum absolute atomic E-state index is 0.0475. The molecule has 2 amide bonds. The number of rotatable bonds is 6. The molecule has 2 fully saturated rings. The molecule has 0 bridgehead atoms. The minimum atomic E-state index is -0.808. The number of carbonyl (C=O) groups excluding carboxylic acids is 2. The van der Waals surface area contributed by atoms with Crippen molar-refractivity contribution in [2.45, 2.75) is 58.0 Å². The summed E-state index contributed by atoms with van der Waals surface area (Å²) < 4.78 is 5.14. The van der Waals surface area contributed by atoms with Crippen LogP contribution in [0.4, 0.5) is 0 Å². The molecule has 5 heteroatoms. The molecule has 0 spiro atoms. The zero-order valence-corrected chi connectivity index (χ0v) is 15.2. The molecule has 0 radical (unpaired) electrons. The molecule has 1 saturated heterocycles. The van der Waals surface area contributed by atoms with Crippen molar-refractivity contribution >= 4 is 11.8 Å². The first-order valence-electron chi connectivity index (χ1n) is 9.33. The Morgan fingerprint density at radius 2 is 1.96 bits per heavy atom. The second-order valence-electron chi connectivity index (χ2n) is 7.17. The maximum atomic E-state index is 13.0. The summed E-state index contributed by atoms with van der Waals surface area (Å²) in [4.78, 5) is 27.7. The van der Waals surface area contributed by atoms with E-state index in [0.717, 1.165) is 37.1 Å². The second kappa shape index (κ2) is 7.46. The molecule has 0 aromatic heterocycles. The number of carbonyl (C=O) groups is 2. The lowest BCUT2D eigenvalue weighted by molar-refractivity contribution is -0.147. The van der Waals surface area contributed by atoms with Gasteiger partial charge in [-0.25, -0.2) is 0 Å². The fourth-order valence-corrected chi connectivity index (χ4v) is 3.73. The number of hydrogen-bond donors (Lipinski definition) is 1. The van der Waals surface area contributed by atoms with E-state index in [1.807, 2.05) is 29.2 Å². The van der Waals surface area contributed by atoms with E-state index < -0.39 is 5.41 Å². The van der Waals surface area contributed by atoms with Crippen molar-refractivity contribution in [2.24, 2.45) is 5.41 Å². The van der Waals surface area contributed by atoms with Gasteiger partial charge in [-0.05, 0) is 56.2 Å². The second-order valence-corrected chi connectivity index (χ2v) is 7.17. The highest BCUT2D eigenvalue weighted by atomic mass is 16.5. The number of nitrogens with one attached hydrogen (secondary N) is 1. The van der Waals surface area contributed by atoms with E-state index in [1.165, 1.54) is 6.42 Å².